The largest absolute Gasteiger partial charge is 0.444 e. The Balaban J connectivity index is 3.44. The number of alkyl carbamates (subject to hydrolysis) is 1. The Labute approximate surface area is 212 Å². The van der Waals surface area contributed by atoms with E-state index in [1.165, 1.54) is 0 Å². The first-order valence-corrected chi connectivity index (χ1v) is 12.8. The van der Waals surface area contributed by atoms with Crippen molar-refractivity contribution in [2.45, 2.75) is 111 Å². The molecule has 2 unspecified atom stereocenters. The molecule has 0 aliphatic carbocycles. The van der Waals surface area contributed by atoms with E-state index < -0.39 is 29.3 Å². The van der Waals surface area contributed by atoms with Crippen molar-refractivity contribution in [3.8, 4) is 0 Å². The average Bonchev–Trinajstić information content (AvgIpc) is 2.69. The molecule has 35 heavy (non-hydrogen) atoms. The number of ether oxygens (including phenoxy) is 1. The van der Waals surface area contributed by atoms with Crippen LogP contribution in [0.2, 0.25) is 0 Å². The Morgan fingerprint density at radius 1 is 0.971 bits per heavy atom. The number of nitrogens with zero attached hydrogens (tertiary/aromatic N) is 1. The lowest BCUT2D eigenvalue weighted by molar-refractivity contribution is -0.143. The van der Waals surface area contributed by atoms with E-state index in [2.05, 4.69) is 17.6 Å². The number of rotatable bonds is 11. The molecule has 0 aliphatic rings. The van der Waals surface area contributed by atoms with Gasteiger partial charge in [-0.05, 0) is 65.9 Å². The van der Waals surface area contributed by atoms with Gasteiger partial charge in [0.05, 0.1) is 0 Å². The monoisotopic (exact) mass is 489 g/mol. The van der Waals surface area contributed by atoms with Gasteiger partial charge in [0.15, 0.2) is 0 Å². The standard InChI is InChI=1S/C28H47N3O4/c1-10-11-15-18-31(23(21-16-13-12-14-17-21)24(32)30-27(4,5)6)25(33)22(19-20(2)3)29-26(34)35-28(7,8)9/h12-14,16-17,20,22-23H,10-11,15,18-19H2,1-9H3,(H,29,34)(H,30,32). The second kappa shape index (κ2) is 13.5. The Morgan fingerprint density at radius 2 is 1.57 bits per heavy atom. The Bertz CT molecular complexity index is 810. The minimum absolute atomic E-state index is 0.148. The zero-order valence-electron chi connectivity index (χ0n) is 23.2. The van der Waals surface area contributed by atoms with E-state index in [4.69, 9.17) is 4.74 Å². The summed E-state index contributed by atoms with van der Waals surface area (Å²) in [6.45, 7) is 17.6. The molecular weight excluding hydrogens is 442 g/mol. The Hall–Kier alpha value is -2.57. The van der Waals surface area contributed by atoms with E-state index in [1.807, 2.05) is 65.0 Å². The van der Waals surface area contributed by atoms with Crippen LogP contribution in [0.15, 0.2) is 30.3 Å². The molecule has 0 bridgehead atoms. The number of nitrogens with one attached hydrogen (secondary N) is 2. The predicted octanol–water partition coefficient (Wildman–Crippen LogP) is 5.60. The summed E-state index contributed by atoms with van der Waals surface area (Å²) in [4.78, 5) is 41.9. The number of hydrogen-bond acceptors (Lipinski definition) is 4. The molecule has 0 heterocycles. The molecule has 1 aromatic carbocycles. The van der Waals surface area contributed by atoms with Crippen LogP contribution in [0.5, 0.6) is 0 Å². The summed E-state index contributed by atoms with van der Waals surface area (Å²) in [6, 6.07) is 7.74. The highest BCUT2D eigenvalue weighted by Gasteiger charge is 2.37. The quantitative estimate of drug-likeness (QED) is 0.396. The molecule has 198 valence electrons. The van der Waals surface area contributed by atoms with Crippen LogP contribution in [0.4, 0.5) is 4.79 Å². The molecule has 2 N–H and O–H groups in total. The van der Waals surface area contributed by atoms with Gasteiger partial charge in [-0.3, -0.25) is 9.59 Å². The number of benzene rings is 1. The highest BCUT2D eigenvalue weighted by atomic mass is 16.6. The molecule has 0 radical (unpaired) electrons. The van der Waals surface area contributed by atoms with Crippen molar-refractivity contribution in [3.05, 3.63) is 35.9 Å². The summed E-state index contributed by atoms with van der Waals surface area (Å²) in [6.07, 6.45) is 2.47. The van der Waals surface area contributed by atoms with Gasteiger partial charge in [0.1, 0.15) is 17.7 Å². The van der Waals surface area contributed by atoms with Crippen LogP contribution in [-0.4, -0.2) is 46.5 Å². The maximum atomic E-state index is 14.0. The molecule has 7 nitrogen and oxygen atoms in total. The topological polar surface area (TPSA) is 87.7 Å². The summed E-state index contributed by atoms with van der Waals surface area (Å²) >= 11 is 0. The lowest BCUT2D eigenvalue weighted by Crippen LogP contribution is -2.55. The van der Waals surface area contributed by atoms with E-state index in [0.29, 0.717) is 13.0 Å². The summed E-state index contributed by atoms with van der Waals surface area (Å²) in [5.41, 5.74) is -0.413. The number of amides is 3. The number of carbonyl (C=O) groups is 3. The molecule has 0 aromatic heterocycles. The Kier molecular flexibility index (Phi) is 11.7. The lowest BCUT2D eigenvalue weighted by atomic mass is 9.98. The highest BCUT2D eigenvalue weighted by molar-refractivity contribution is 5.92. The van der Waals surface area contributed by atoms with E-state index in [0.717, 1.165) is 24.8 Å². The summed E-state index contributed by atoms with van der Waals surface area (Å²) in [7, 11) is 0. The molecule has 0 aliphatic heterocycles. The first-order chi connectivity index (χ1) is 16.1. The van der Waals surface area contributed by atoms with E-state index >= 15 is 0 Å². The zero-order chi connectivity index (χ0) is 26.8. The van der Waals surface area contributed by atoms with Crippen molar-refractivity contribution in [2.24, 2.45) is 5.92 Å². The van der Waals surface area contributed by atoms with Crippen molar-refractivity contribution >= 4 is 17.9 Å². The molecule has 1 rings (SSSR count). The Morgan fingerprint density at radius 3 is 2.06 bits per heavy atom. The van der Waals surface area contributed by atoms with Crippen LogP contribution in [0.3, 0.4) is 0 Å². The third-order valence-electron chi connectivity index (χ3n) is 5.16. The second-order valence-corrected chi connectivity index (χ2v) is 11.6. The van der Waals surface area contributed by atoms with Crippen molar-refractivity contribution < 1.29 is 19.1 Å². The predicted molar refractivity (Wildman–Crippen MR) is 141 cm³/mol. The molecule has 0 saturated carbocycles. The van der Waals surface area contributed by atoms with Gasteiger partial charge in [-0.15, -0.1) is 0 Å². The van der Waals surface area contributed by atoms with Gasteiger partial charge in [-0.1, -0.05) is 63.9 Å². The van der Waals surface area contributed by atoms with E-state index in [9.17, 15) is 14.4 Å². The average molecular weight is 490 g/mol. The van der Waals surface area contributed by atoms with Gasteiger partial charge in [-0.2, -0.15) is 0 Å². The second-order valence-electron chi connectivity index (χ2n) is 11.6. The van der Waals surface area contributed by atoms with Crippen molar-refractivity contribution in [1.82, 2.24) is 15.5 Å². The third kappa shape index (κ3) is 11.6. The van der Waals surface area contributed by atoms with Gasteiger partial charge in [0.25, 0.3) is 0 Å². The van der Waals surface area contributed by atoms with Crippen molar-refractivity contribution in [2.75, 3.05) is 6.54 Å². The number of carbonyl (C=O) groups excluding carboxylic acids is 3. The van der Waals surface area contributed by atoms with Crippen LogP contribution < -0.4 is 10.6 Å². The smallest absolute Gasteiger partial charge is 0.408 e. The van der Waals surface area contributed by atoms with Gasteiger partial charge in [0.2, 0.25) is 11.8 Å². The third-order valence-corrected chi connectivity index (χ3v) is 5.16. The van der Waals surface area contributed by atoms with E-state index in [1.54, 1.807) is 25.7 Å². The summed E-state index contributed by atoms with van der Waals surface area (Å²) < 4.78 is 5.44. The first-order valence-electron chi connectivity index (χ1n) is 12.8. The van der Waals surface area contributed by atoms with Gasteiger partial charge in [0, 0.05) is 12.1 Å². The SMILES string of the molecule is CCCCCN(C(=O)C(CC(C)C)NC(=O)OC(C)(C)C)C(C(=O)NC(C)(C)C)c1ccccc1. The maximum absolute atomic E-state index is 14.0. The number of unbranched alkanes of at least 4 members (excludes halogenated alkanes) is 2. The normalized spacial score (nSPS) is 13.7. The fourth-order valence-corrected chi connectivity index (χ4v) is 3.79. The lowest BCUT2D eigenvalue weighted by Gasteiger charge is -2.36. The highest BCUT2D eigenvalue weighted by Crippen LogP contribution is 2.25. The van der Waals surface area contributed by atoms with Gasteiger partial charge >= 0.3 is 6.09 Å². The van der Waals surface area contributed by atoms with Crippen LogP contribution in [0.25, 0.3) is 0 Å². The zero-order valence-corrected chi connectivity index (χ0v) is 23.2. The minimum atomic E-state index is -0.810. The molecule has 3 amide bonds. The van der Waals surface area contributed by atoms with Crippen LogP contribution in [0, 0.1) is 5.92 Å². The first kappa shape index (κ1) is 30.5. The molecule has 0 saturated heterocycles. The maximum Gasteiger partial charge on any atom is 0.408 e. The summed E-state index contributed by atoms with van der Waals surface area (Å²) in [5.74, 6) is -0.373. The van der Waals surface area contributed by atoms with Crippen LogP contribution in [-0.2, 0) is 14.3 Å². The molecule has 0 fully saturated rings. The van der Waals surface area contributed by atoms with E-state index in [-0.39, 0.29) is 17.7 Å². The van der Waals surface area contributed by atoms with Gasteiger partial charge < -0.3 is 20.3 Å². The fraction of sp³-hybridized carbons (Fsp3) is 0.679. The fourth-order valence-electron chi connectivity index (χ4n) is 3.79. The minimum Gasteiger partial charge on any atom is -0.444 e. The molecule has 7 heteroatoms. The molecule has 0 spiro atoms. The van der Waals surface area contributed by atoms with Gasteiger partial charge in [-0.25, -0.2) is 4.79 Å². The van der Waals surface area contributed by atoms with Crippen molar-refractivity contribution in [3.63, 3.8) is 0 Å². The number of hydrogen-bond donors (Lipinski definition) is 2. The molecule has 2 atom stereocenters. The van der Waals surface area contributed by atoms with Crippen LogP contribution >= 0.6 is 0 Å². The summed E-state index contributed by atoms with van der Waals surface area (Å²) in [5, 5.41) is 5.84. The van der Waals surface area contributed by atoms with Crippen molar-refractivity contribution in [1.29, 1.82) is 0 Å². The van der Waals surface area contributed by atoms with Crippen LogP contribution in [0.1, 0.15) is 99.6 Å². The molecular formula is C28H47N3O4. The molecule has 1 aromatic rings.